The minimum atomic E-state index is -1.01. The summed E-state index contributed by atoms with van der Waals surface area (Å²) in [4.78, 5) is 26.9. The molecule has 0 unspecified atom stereocenters. The van der Waals surface area contributed by atoms with E-state index in [1.807, 2.05) is 32.0 Å². The number of aromatic carboxylic acids is 1. The van der Waals surface area contributed by atoms with Crippen molar-refractivity contribution >= 4 is 17.7 Å². The molecule has 0 fully saturated rings. The summed E-state index contributed by atoms with van der Waals surface area (Å²) in [5.41, 5.74) is 2.95. The van der Waals surface area contributed by atoms with Crippen molar-refractivity contribution in [2.45, 2.75) is 20.3 Å². The Labute approximate surface area is 158 Å². The van der Waals surface area contributed by atoms with Crippen molar-refractivity contribution < 1.29 is 19.4 Å². The van der Waals surface area contributed by atoms with Gasteiger partial charge in [0.2, 0.25) is 0 Å². The number of carbonyl (C=O) groups is 2. The van der Waals surface area contributed by atoms with E-state index in [0.717, 1.165) is 11.1 Å². The fourth-order valence-corrected chi connectivity index (χ4v) is 2.25. The first-order valence-electron chi connectivity index (χ1n) is 8.46. The summed E-state index contributed by atoms with van der Waals surface area (Å²) in [7, 11) is 0. The standard InChI is InChI=1S/C20H23N3O4/c1-13-4-5-17(10-14(13)2)27-12-19(24)23-15(3)6-8-21-18-11-16(20(25)26)7-9-22-18/h4-5,7,9-11H,3,6,8,12H2,1-2H3,(H,21,22)(H,23,24)(H,25,26). The number of anilines is 1. The first-order valence-corrected chi connectivity index (χ1v) is 8.46. The molecule has 0 radical (unpaired) electrons. The number of rotatable bonds is 9. The molecule has 0 atom stereocenters. The minimum Gasteiger partial charge on any atom is -0.484 e. The van der Waals surface area contributed by atoms with Crippen molar-refractivity contribution in [1.29, 1.82) is 0 Å². The normalized spacial score (nSPS) is 10.1. The number of aryl methyl sites for hydroxylation is 2. The van der Waals surface area contributed by atoms with Gasteiger partial charge in [-0.05, 0) is 49.2 Å². The van der Waals surface area contributed by atoms with Crippen molar-refractivity contribution in [2.75, 3.05) is 18.5 Å². The molecule has 1 aromatic carbocycles. The number of carboxylic acid groups (broad SMARTS) is 1. The van der Waals surface area contributed by atoms with Gasteiger partial charge >= 0.3 is 5.97 Å². The molecule has 0 bridgehead atoms. The molecule has 1 amide bonds. The van der Waals surface area contributed by atoms with Gasteiger partial charge < -0.3 is 20.5 Å². The van der Waals surface area contributed by atoms with Crippen LogP contribution in [0.4, 0.5) is 5.82 Å². The molecular weight excluding hydrogens is 346 g/mol. The second-order valence-corrected chi connectivity index (χ2v) is 6.10. The Morgan fingerprint density at radius 2 is 1.96 bits per heavy atom. The Morgan fingerprint density at radius 3 is 2.67 bits per heavy atom. The Hall–Kier alpha value is -3.35. The predicted molar refractivity (Wildman–Crippen MR) is 103 cm³/mol. The van der Waals surface area contributed by atoms with E-state index in [1.165, 1.54) is 18.3 Å². The highest BCUT2D eigenvalue weighted by Crippen LogP contribution is 2.16. The van der Waals surface area contributed by atoms with Crippen LogP contribution in [0.3, 0.4) is 0 Å². The lowest BCUT2D eigenvalue weighted by Gasteiger charge is -2.11. The van der Waals surface area contributed by atoms with Crippen LogP contribution in [0.5, 0.6) is 5.75 Å². The van der Waals surface area contributed by atoms with E-state index in [0.29, 0.717) is 30.2 Å². The fraction of sp³-hybridized carbons (Fsp3) is 0.250. The highest BCUT2D eigenvalue weighted by Gasteiger charge is 2.07. The number of benzene rings is 1. The van der Waals surface area contributed by atoms with E-state index in [4.69, 9.17) is 9.84 Å². The van der Waals surface area contributed by atoms with Gasteiger partial charge in [-0.25, -0.2) is 9.78 Å². The van der Waals surface area contributed by atoms with E-state index in [-0.39, 0.29) is 18.1 Å². The summed E-state index contributed by atoms with van der Waals surface area (Å²) in [6.45, 7) is 8.16. The molecule has 142 valence electrons. The Kier molecular flexibility index (Phi) is 6.93. The summed E-state index contributed by atoms with van der Waals surface area (Å²) in [5.74, 6) is -0.206. The van der Waals surface area contributed by atoms with Crippen LogP contribution in [0.2, 0.25) is 0 Å². The maximum absolute atomic E-state index is 11.9. The molecule has 3 N–H and O–H groups in total. The zero-order valence-electron chi connectivity index (χ0n) is 15.4. The van der Waals surface area contributed by atoms with Crippen molar-refractivity contribution in [1.82, 2.24) is 10.3 Å². The highest BCUT2D eigenvalue weighted by atomic mass is 16.5. The second kappa shape index (κ2) is 9.38. The molecule has 1 aromatic heterocycles. The number of nitrogens with zero attached hydrogens (tertiary/aromatic N) is 1. The molecule has 7 nitrogen and oxygen atoms in total. The van der Waals surface area contributed by atoms with Crippen molar-refractivity contribution in [3.05, 3.63) is 65.5 Å². The van der Waals surface area contributed by atoms with Crippen molar-refractivity contribution in [3.63, 3.8) is 0 Å². The smallest absolute Gasteiger partial charge is 0.335 e. The van der Waals surface area contributed by atoms with Crippen molar-refractivity contribution in [3.8, 4) is 5.75 Å². The zero-order chi connectivity index (χ0) is 19.8. The minimum absolute atomic E-state index is 0.100. The van der Waals surface area contributed by atoms with E-state index >= 15 is 0 Å². The van der Waals surface area contributed by atoms with Gasteiger partial charge in [-0.2, -0.15) is 0 Å². The Balaban J connectivity index is 1.71. The SMILES string of the molecule is C=C(CCNc1cc(C(=O)O)ccn1)NC(=O)COc1ccc(C)c(C)c1. The molecule has 0 aliphatic rings. The van der Waals surface area contributed by atoms with E-state index in [1.54, 1.807) is 0 Å². The van der Waals surface area contributed by atoms with E-state index < -0.39 is 5.97 Å². The van der Waals surface area contributed by atoms with Crippen LogP contribution in [-0.2, 0) is 4.79 Å². The predicted octanol–water partition coefficient (Wildman–Crippen LogP) is 2.91. The van der Waals surface area contributed by atoms with Crippen LogP contribution in [0.25, 0.3) is 0 Å². The van der Waals surface area contributed by atoms with E-state index in [2.05, 4.69) is 22.2 Å². The summed E-state index contributed by atoms with van der Waals surface area (Å²) in [6.07, 6.45) is 1.89. The molecular formula is C20H23N3O4. The fourth-order valence-electron chi connectivity index (χ4n) is 2.25. The lowest BCUT2D eigenvalue weighted by Crippen LogP contribution is -2.28. The van der Waals surface area contributed by atoms with Gasteiger partial charge in [0.25, 0.3) is 5.91 Å². The van der Waals surface area contributed by atoms with Gasteiger partial charge in [0.05, 0.1) is 5.56 Å². The van der Waals surface area contributed by atoms with Gasteiger partial charge in [-0.3, -0.25) is 4.79 Å². The molecule has 0 spiro atoms. The first kappa shape index (κ1) is 20.0. The third-order valence-electron chi connectivity index (χ3n) is 3.90. The number of amides is 1. The molecule has 2 rings (SSSR count). The maximum atomic E-state index is 11.9. The topological polar surface area (TPSA) is 101 Å². The summed E-state index contributed by atoms with van der Waals surface area (Å²) >= 11 is 0. The molecule has 0 saturated carbocycles. The summed E-state index contributed by atoms with van der Waals surface area (Å²) in [5, 5.41) is 14.6. The highest BCUT2D eigenvalue weighted by molar-refractivity contribution is 5.88. The maximum Gasteiger partial charge on any atom is 0.335 e. The average Bonchev–Trinajstić information content (AvgIpc) is 2.63. The van der Waals surface area contributed by atoms with Crippen LogP contribution >= 0.6 is 0 Å². The summed E-state index contributed by atoms with van der Waals surface area (Å²) in [6, 6.07) is 8.52. The third-order valence-corrected chi connectivity index (χ3v) is 3.90. The molecule has 27 heavy (non-hydrogen) atoms. The van der Waals surface area contributed by atoms with Gasteiger partial charge in [-0.15, -0.1) is 0 Å². The average molecular weight is 369 g/mol. The molecule has 0 aliphatic carbocycles. The number of carboxylic acids is 1. The van der Waals surface area contributed by atoms with Crippen LogP contribution in [0, 0.1) is 13.8 Å². The van der Waals surface area contributed by atoms with Crippen molar-refractivity contribution in [2.24, 2.45) is 0 Å². The molecule has 0 aliphatic heterocycles. The number of ether oxygens (including phenoxy) is 1. The quantitative estimate of drug-likeness (QED) is 0.628. The van der Waals surface area contributed by atoms with Gasteiger partial charge in [-0.1, -0.05) is 12.6 Å². The zero-order valence-corrected chi connectivity index (χ0v) is 15.4. The third kappa shape index (κ3) is 6.47. The number of aromatic nitrogens is 1. The van der Waals surface area contributed by atoms with Crippen LogP contribution in [0.15, 0.2) is 48.8 Å². The van der Waals surface area contributed by atoms with Gasteiger partial charge in [0.15, 0.2) is 6.61 Å². The van der Waals surface area contributed by atoms with Crippen LogP contribution in [-0.4, -0.2) is 35.1 Å². The lowest BCUT2D eigenvalue weighted by molar-refractivity contribution is -0.122. The monoisotopic (exact) mass is 369 g/mol. The Morgan fingerprint density at radius 1 is 1.19 bits per heavy atom. The number of nitrogens with one attached hydrogen (secondary N) is 2. The number of pyridine rings is 1. The molecule has 0 saturated heterocycles. The second-order valence-electron chi connectivity index (χ2n) is 6.10. The van der Waals surface area contributed by atoms with Gasteiger partial charge in [0, 0.05) is 24.9 Å². The number of hydrogen-bond acceptors (Lipinski definition) is 5. The number of carbonyl (C=O) groups excluding carboxylic acids is 1. The lowest BCUT2D eigenvalue weighted by atomic mass is 10.1. The van der Waals surface area contributed by atoms with Gasteiger partial charge in [0.1, 0.15) is 11.6 Å². The molecule has 2 aromatic rings. The molecule has 1 heterocycles. The summed E-state index contributed by atoms with van der Waals surface area (Å²) < 4.78 is 5.48. The Bertz CT molecular complexity index is 849. The van der Waals surface area contributed by atoms with E-state index in [9.17, 15) is 9.59 Å². The molecule has 7 heteroatoms. The van der Waals surface area contributed by atoms with Crippen LogP contribution < -0.4 is 15.4 Å². The van der Waals surface area contributed by atoms with Crippen LogP contribution in [0.1, 0.15) is 27.9 Å². The first-order chi connectivity index (χ1) is 12.8. The number of hydrogen-bond donors (Lipinski definition) is 3. The largest absolute Gasteiger partial charge is 0.484 e.